The second-order valence-corrected chi connectivity index (χ2v) is 7.46. The topological polar surface area (TPSA) is 38.3 Å². The molecule has 1 aliphatic carbocycles. The van der Waals surface area contributed by atoms with E-state index in [9.17, 15) is 4.79 Å². The van der Waals surface area contributed by atoms with Gasteiger partial charge in [-0.05, 0) is 36.3 Å². The van der Waals surface area contributed by atoms with E-state index in [1.165, 1.54) is 19.3 Å². The van der Waals surface area contributed by atoms with Crippen LogP contribution in [-0.4, -0.2) is 13.0 Å². The number of benzene rings is 1. The number of rotatable bonds is 4. The van der Waals surface area contributed by atoms with E-state index in [1.807, 2.05) is 24.3 Å². The lowest BCUT2D eigenvalue weighted by molar-refractivity contribution is -0.113. The Balaban J connectivity index is 2.24. The second-order valence-electron chi connectivity index (χ2n) is 7.46. The molecule has 0 atom stereocenters. The number of allylic oxidation sites excluding steroid dienone is 1. The fraction of sp³-hybridized carbons (Fsp3) is 0.550. The van der Waals surface area contributed by atoms with E-state index in [2.05, 4.69) is 32.2 Å². The highest BCUT2D eigenvalue weighted by Crippen LogP contribution is 2.34. The predicted octanol–water partition coefficient (Wildman–Crippen LogP) is 5.19. The summed E-state index contributed by atoms with van der Waals surface area (Å²) in [7, 11) is 1.62. The van der Waals surface area contributed by atoms with Gasteiger partial charge in [0.1, 0.15) is 5.75 Å². The maximum absolute atomic E-state index is 12.9. The molecule has 23 heavy (non-hydrogen) atoms. The Morgan fingerprint density at radius 3 is 2.43 bits per heavy atom. The average molecular weight is 315 g/mol. The summed E-state index contributed by atoms with van der Waals surface area (Å²) in [6, 6.07) is 7.56. The number of methoxy groups -OCH3 is 1. The van der Waals surface area contributed by atoms with Gasteiger partial charge in [-0.3, -0.25) is 4.79 Å². The van der Waals surface area contributed by atoms with E-state index in [4.69, 9.17) is 4.74 Å². The van der Waals surface area contributed by atoms with Crippen molar-refractivity contribution in [2.45, 2.75) is 52.9 Å². The minimum atomic E-state index is -0.00903. The van der Waals surface area contributed by atoms with Gasteiger partial charge < -0.3 is 10.1 Å². The molecule has 0 aromatic heterocycles. The molecule has 0 heterocycles. The van der Waals surface area contributed by atoms with Crippen molar-refractivity contribution in [3.05, 3.63) is 35.9 Å². The molecule has 1 aromatic carbocycles. The standard InChI is InChI=1S/C20H29NO2/c1-20(2,3)14-16(15-10-6-5-7-11-15)19(22)21-17-12-8-9-13-18(17)23-4/h8-9,12-15H,5-7,10-11H2,1-4H3,(H,21,22)/b16-14+. The number of hydrogen-bond donors (Lipinski definition) is 1. The molecular formula is C20H29NO2. The lowest BCUT2D eigenvalue weighted by Gasteiger charge is -2.26. The van der Waals surface area contributed by atoms with E-state index < -0.39 is 0 Å². The molecule has 0 radical (unpaired) electrons. The summed E-state index contributed by atoms with van der Waals surface area (Å²) in [6.45, 7) is 6.44. The number of ether oxygens (including phenoxy) is 1. The quantitative estimate of drug-likeness (QED) is 0.777. The first-order valence-corrected chi connectivity index (χ1v) is 8.58. The van der Waals surface area contributed by atoms with Crippen molar-refractivity contribution >= 4 is 11.6 Å². The van der Waals surface area contributed by atoms with Crippen molar-refractivity contribution in [3.63, 3.8) is 0 Å². The Kier molecular flexibility index (Phi) is 5.86. The fourth-order valence-electron chi connectivity index (χ4n) is 3.19. The number of carbonyl (C=O) groups excluding carboxylic acids is 1. The number of nitrogens with one attached hydrogen (secondary N) is 1. The minimum absolute atomic E-state index is 0.00903. The summed E-state index contributed by atoms with van der Waals surface area (Å²) in [5.41, 5.74) is 1.66. The number of anilines is 1. The molecule has 0 saturated heterocycles. The Morgan fingerprint density at radius 2 is 1.83 bits per heavy atom. The molecular weight excluding hydrogens is 286 g/mol. The van der Waals surface area contributed by atoms with Crippen molar-refractivity contribution in [2.75, 3.05) is 12.4 Å². The zero-order valence-corrected chi connectivity index (χ0v) is 14.8. The van der Waals surface area contributed by atoms with Crippen LogP contribution in [0.2, 0.25) is 0 Å². The van der Waals surface area contributed by atoms with Crippen LogP contribution in [0.5, 0.6) is 5.75 Å². The molecule has 0 aliphatic heterocycles. The first-order valence-electron chi connectivity index (χ1n) is 8.58. The SMILES string of the molecule is COc1ccccc1NC(=O)/C(=C/C(C)(C)C)C1CCCCC1. The summed E-state index contributed by atoms with van der Waals surface area (Å²) in [5, 5.41) is 3.05. The first-order chi connectivity index (χ1) is 10.9. The number of amides is 1. The Bertz CT molecular complexity index is 563. The van der Waals surface area contributed by atoms with Crippen molar-refractivity contribution in [2.24, 2.45) is 11.3 Å². The molecule has 2 rings (SSSR count). The fourth-order valence-corrected chi connectivity index (χ4v) is 3.19. The van der Waals surface area contributed by atoms with Gasteiger partial charge in [-0.15, -0.1) is 0 Å². The van der Waals surface area contributed by atoms with Gasteiger partial charge in [-0.1, -0.05) is 58.2 Å². The predicted molar refractivity (Wildman–Crippen MR) is 95.7 cm³/mol. The second kappa shape index (κ2) is 7.67. The highest BCUT2D eigenvalue weighted by Gasteiger charge is 2.25. The molecule has 1 fully saturated rings. The van der Waals surface area contributed by atoms with Gasteiger partial charge in [0.05, 0.1) is 12.8 Å². The molecule has 0 bridgehead atoms. The maximum atomic E-state index is 12.9. The van der Waals surface area contributed by atoms with Crippen LogP contribution >= 0.6 is 0 Å². The van der Waals surface area contributed by atoms with Crippen LogP contribution < -0.4 is 10.1 Å². The lowest BCUT2D eigenvalue weighted by Crippen LogP contribution is -2.24. The molecule has 1 aromatic rings. The van der Waals surface area contributed by atoms with Gasteiger partial charge in [0.15, 0.2) is 0 Å². The monoisotopic (exact) mass is 315 g/mol. The van der Waals surface area contributed by atoms with E-state index in [1.54, 1.807) is 7.11 Å². The summed E-state index contributed by atoms with van der Waals surface area (Å²) in [6.07, 6.45) is 8.09. The summed E-state index contributed by atoms with van der Waals surface area (Å²) < 4.78 is 5.34. The summed E-state index contributed by atoms with van der Waals surface area (Å²) in [4.78, 5) is 12.9. The molecule has 3 nitrogen and oxygen atoms in total. The third kappa shape index (κ3) is 5.12. The molecule has 126 valence electrons. The summed E-state index contributed by atoms with van der Waals surface area (Å²) >= 11 is 0. The normalized spacial score (nSPS) is 17.0. The minimum Gasteiger partial charge on any atom is -0.495 e. The number of hydrogen-bond acceptors (Lipinski definition) is 2. The Labute approximate surface area is 140 Å². The highest BCUT2D eigenvalue weighted by atomic mass is 16.5. The molecule has 1 N–H and O–H groups in total. The number of carbonyl (C=O) groups is 1. The van der Waals surface area contributed by atoms with E-state index in [0.29, 0.717) is 11.7 Å². The van der Waals surface area contributed by atoms with Gasteiger partial charge in [-0.25, -0.2) is 0 Å². The maximum Gasteiger partial charge on any atom is 0.251 e. The van der Waals surface area contributed by atoms with Gasteiger partial charge in [0.2, 0.25) is 0 Å². The van der Waals surface area contributed by atoms with Crippen molar-refractivity contribution < 1.29 is 9.53 Å². The third-order valence-corrected chi connectivity index (χ3v) is 4.25. The zero-order valence-electron chi connectivity index (χ0n) is 14.8. The van der Waals surface area contributed by atoms with Gasteiger partial charge in [0.25, 0.3) is 5.91 Å². The third-order valence-electron chi connectivity index (χ3n) is 4.25. The van der Waals surface area contributed by atoms with Gasteiger partial charge >= 0.3 is 0 Å². The Hall–Kier alpha value is -1.77. The molecule has 0 spiro atoms. The van der Waals surface area contributed by atoms with Gasteiger partial charge in [-0.2, -0.15) is 0 Å². The average Bonchev–Trinajstić information content (AvgIpc) is 2.53. The molecule has 1 saturated carbocycles. The van der Waals surface area contributed by atoms with Crippen molar-refractivity contribution in [1.29, 1.82) is 0 Å². The largest absolute Gasteiger partial charge is 0.495 e. The smallest absolute Gasteiger partial charge is 0.251 e. The van der Waals surface area contributed by atoms with Crippen LogP contribution in [0.3, 0.4) is 0 Å². The Morgan fingerprint density at radius 1 is 1.17 bits per heavy atom. The van der Waals surface area contributed by atoms with Crippen LogP contribution in [0.4, 0.5) is 5.69 Å². The van der Waals surface area contributed by atoms with Gasteiger partial charge in [0, 0.05) is 5.57 Å². The van der Waals surface area contributed by atoms with Crippen molar-refractivity contribution in [3.8, 4) is 5.75 Å². The molecule has 0 unspecified atom stereocenters. The number of para-hydroxylation sites is 2. The summed E-state index contributed by atoms with van der Waals surface area (Å²) in [5.74, 6) is 1.08. The van der Waals surface area contributed by atoms with E-state index in [-0.39, 0.29) is 11.3 Å². The van der Waals surface area contributed by atoms with E-state index >= 15 is 0 Å². The van der Waals surface area contributed by atoms with Crippen LogP contribution in [-0.2, 0) is 4.79 Å². The molecule has 1 aliphatic rings. The molecule has 3 heteroatoms. The lowest BCUT2D eigenvalue weighted by atomic mass is 9.80. The van der Waals surface area contributed by atoms with Crippen LogP contribution in [0, 0.1) is 11.3 Å². The van der Waals surface area contributed by atoms with Crippen LogP contribution in [0.15, 0.2) is 35.9 Å². The zero-order chi connectivity index (χ0) is 16.9. The van der Waals surface area contributed by atoms with Crippen molar-refractivity contribution in [1.82, 2.24) is 0 Å². The highest BCUT2D eigenvalue weighted by molar-refractivity contribution is 6.04. The van der Waals surface area contributed by atoms with E-state index in [0.717, 1.165) is 24.1 Å². The molecule has 1 amide bonds. The first kappa shape index (κ1) is 17.6. The van der Waals surface area contributed by atoms with Crippen LogP contribution in [0.1, 0.15) is 52.9 Å². The van der Waals surface area contributed by atoms with Crippen LogP contribution in [0.25, 0.3) is 0 Å².